The second kappa shape index (κ2) is 8.85. The minimum Gasteiger partial charge on any atom is -0.340 e. The number of amides is 1. The lowest BCUT2D eigenvalue weighted by molar-refractivity contribution is -0.132. The maximum absolute atomic E-state index is 12.7. The predicted molar refractivity (Wildman–Crippen MR) is 105 cm³/mol. The second-order valence-electron chi connectivity index (χ2n) is 7.28. The van der Waals surface area contributed by atoms with E-state index in [2.05, 4.69) is 15.9 Å². The Morgan fingerprint density at radius 2 is 1.77 bits per heavy atom. The van der Waals surface area contributed by atoms with Crippen LogP contribution in [0.25, 0.3) is 0 Å². The van der Waals surface area contributed by atoms with Gasteiger partial charge >= 0.3 is 0 Å². The highest BCUT2D eigenvalue weighted by atomic mass is 79.9. The molecule has 26 heavy (non-hydrogen) atoms. The zero-order valence-electron chi connectivity index (χ0n) is 15.1. The van der Waals surface area contributed by atoms with Gasteiger partial charge in [-0.05, 0) is 30.5 Å². The van der Waals surface area contributed by atoms with E-state index in [1.54, 1.807) is 18.2 Å². The molecule has 0 bridgehead atoms. The number of hydrogen-bond acceptors (Lipinski definition) is 3. The zero-order chi connectivity index (χ0) is 18.6. The summed E-state index contributed by atoms with van der Waals surface area (Å²) in [5.41, 5.74) is 0. The maximum Gasteiger partial charge on any atom is 0.243 e. The molecular formula is C19H27BrN2O3S. The predicted octanol–water partition coefficient (Wildman–Crippen LogP) is 3.64. The van der Waals surface area contributed by atoms with E-state index in [-0.39, 0.29) is 5.91 Å². The monoisotopic (exact) mass is 442 g/mol. The lowest BCUT2D eigenvalue weighted by Crippen LogP contribution is -2.50. The van der Waals surface area contributed by atoms with Gasteiger partial charge in [0.1, 0.15) is 0 Å². The van der Waals surface area contributed by atoms with Crippen LogP contribution in [0.1, 0.15) is 44.9 Å². The molecule has 1 aromatic carbocycles. The van der Waals surface area contributed by atoms with Crippen molar-refractivity contribution in [3.05, 3.63) is 28.7 Å². The van der Waals surface area contributed by atoms with Gasteiger partial charge in [-0.15, -0.1) is 0 Å². The molecule has 2 aliphatic rings. The van der Waals surface area contributed by atoms with Crippen molar-refractivity contribution >= 4 is 31.9 Å². The molecule has 1 aliphatic carbocycles. The molecule has 0 atom stereocenters. The zero-order valence-corrected chi connectivity index (χ0v) is 17.5. The van der Waals surface area contributed by atoms with Crippen LogP contribution in [0.4, 0.5) is 0 Å². The molecule has 1 amide bonds. The number of piperazine rings is 1. The van der Waals surface area contributed by atoms with E-state index in [0.717, 1.165) is 10.9 Å². The molecular weight excluding hydrogens is 416 g/mol. The average molecular weight is 443 g/mol. The van der Waals surface area contributed by atoms with Crippen LogP contribution in [0.2, 0.25) is 0 Å². The highest BCUT2D eigenvalue weighted by Gasteiger charge is 2.30. The van der Waals surface area contributed by atoms with Crippen molar-refractivity contribution in [3.8, 4) is 0 Å². The van der Waals surface area contributed by atoms with Crippen molar-refractivity contribution in [2.24, 2.45) is 5.92 Å². The topological polar surface area (TPSA) is 57.7 Å². The summed E-state index contributed by atoms with van der Waals surface area (Å²) in [5, 5.41) is 0. The van der Waals surface area contributed by atoms with Crippen molar-refractivity contribution in [2.45, 2.75) is 49.8 Å². The first-order valence-corrected chi connectivity index (χ1v) is 11.7. The fourth-order valence-corrected chi connectivity index (χ4v) is 5.94. The van der Waals surface area contributed by atoms with Gasteiger partial charge in [-0.1, -0.05) is 54.1 Å². The molecule has 1 saturated carbocycles. The number of halogens is 1. The van der Waals surface area contributed by atoms with E-state index in [4.69, 9.17) is 0 Å². The number of nitrogens with zero attached hydrogens (tertiary/aromatic N) is 2. The highest BCUT2D eigenvalue weighted by Crippen LogP contribution is 2.28. The van der Waals surface area contributed by atoms with Gasteiger partial charge in [0.2, 0.25) is 15.9 Å². The summed E-state index contributed by atoms with van der Waals surface area (Å²) < 4.78 is 27.7. The summed E-state index contributed by atoms with van der Waals surface area (Å²) in [6.07, 6.45) is 8.02. The van der Waals surface area contributed by atoms with Crippen molar-refractivity contribution < 1.29 is 13.2 Å². The Kier molecular flexibility index (Phi) is 6.75. The summed E-state index contributed by atoms with van der Waals surface area (Å²) >= 11 is 3.32. The van der Waals surface area contributed by atoms with Gasteiger partial charge in [0.25, 0.3) is 0 Å². The number of rotatable bonds is 5. The molecule has 7 heteroatoms. The first kappa shape index (κ1) is 19.8. The molecule has 5 nitrogen and oxygen atoms in total. The van der Waals surface area contributed by atoms with E-state index in [0.29, 0.717) is 43.4 Å². The maximum atomic E-state index is 12.7. The molecule has 0 spiro atoms. The van der Waals surface area contributed by atoms with Gasteiger partial charge in [-0.2, -0.15) is 4.31 Å². The molecule has 1 aromatic rings. The number of carbonyl (C=O) groups excluding carboxylic acids is 1. The fraction of sp³-hybridized carbons (Fsp3) is 0.632. The Balaban J connectivity index is 1.51. The lowest BCUT2D eigenvalue weighted by Gasteiger charge is -2.34. The number of benzene rings is 1. The van der Waals surface area contributed by atoms with E-state index in [9.17, 15) is 13.2 Å². The van der Waals surface area contributed by atoms with Gasteiger partial charge in [-0.25, -0.2) is 8.42 Å². The molecule has 0 aromatic heterocycles. The third kappa shape index (κ3) is 4.87. The fourth-order valence-electron chi connectivity index (χ4n) is 3.92. The van der Waals surface area contributed by atoms with Gasteiger partial charge in [0, 0.05) is 37.1 Å². The molecule has 1 saturated heterocycles. The SMILES string of the molecule is O=C(CCC1CCCCC1)N1CCN(S(=O)(=O)c2cccc(Br)c2)CC1. The standard InChI is InChI=1S/C19H27BrN2O3S/c20-17-7-4-8-18(15-17)26(24,25)22-13-11-21(12-14-22)19(23)10-9-16-5-2-1-3-6-16/h4,7-8,15-16H,1-3,5-6,9-14H2. The number of sulfonamides is 1. The third-order valence-corrected chi connectivity index (χ3v) is 7.90. The molecule has 144 valence electrons. The Hall–Kier alpha value is -0.920. The van der Waals surface area contributed by atoms with Crippen molar-refractivity contribution in [1.82, 2.24) is 9.21 Å². The van der Waals surface area contributed by atoms with Gasteiger partial charge < -0.3 is 4.90 Å². The van der Waals surface area contributed by atoms with E-state index >= 15 is 0 Å². The number of carbonyl (C=O) groups is 1. The largest absolute Gasteiger partial charge is 0.340 e. The van der Waals surface area contributed by atoms with Crippen LogP contribution < -0.4 is 0 Å². The van der Waals surface area contributed by atoms with Crippen LogP contribution in [0.3, 0.4) is 0 Å². The van der Waals surface area contributed by atoms with Crippen molar-refractivity contribution in [2.75, 3.05) is 26.2 Å². The summed E-state index contributed by atoms with van der Waals surface area (Å²) in [7, 11) is -3.50. The minimum absolute atomic E-state index is 0.176. The summed E-state index contributed by atoms with van der Waals surface area (Å²) in [4.78, 5) is 14.6. The van der Waals surface area contributed by atoms with Crippen molar-refractivity contribution in [1.29, 1.82) is 0 Å². The molecule has 3 rings (SSSR count). The molecule has 0 N–H and O–H groups in total. The molecule has 0 radical (unpaired) electrons. The van der Waals surface area contributed by atoms with E-state index < -0.39 is 10.0 Å². The summed E-state index contributed by atoms with van der Waals surface area (Å²) in [5.74, 6) is 0.876. The van der Waals surface area contributed by atoms with Crippen LogP contribution in [-0.2, 0) is 14.8 Å². The normalized spacial score (nSPS) is 20.3. The summed E-state index contributed by atoms with van der Waals surface area (Å²) in [6, 6.07) is 6.77. The highest BCUT2D eigenvalue weighted by molar-refractivity contribution is 9.10. The van der Waals surface area contributed by atoms with E-state index in [1.165, 1.54) is 36.4 Å². The Bertz CT molecular complexity index is 724. The Morgan fingerprint density at radius 1 is 1.08 bits per heavy atom. The Morgan fingerprint density at radius 3 is 2.42 bits per heavy atom. The first-order chi connectivity index (χ1) is 12.5. The third-order valence-electron chi connectivity index (χ3n) is 5.52. The van der Waals surface area contributed by atoms with Gasteiger partial charge in [-0.3, -0.25) is 4.79 Å². The quantitative estimate of drug-likeness (QED) is 0.698. The molecule has 1 heterocycles. The minimum atomic E-state index is -3.50. The first-order valence-electron chi connectivity index (χ1n) is 9.50. The van der Waals surface area contributed by atoms with E-state index in [1.807, 2.05) is 11.0 Å². The van der Waals surface area contributed by atoms with Crippen LogP contribution in [0.5, 0.6) is 0 Å². The van der Waals surface area contributed by atoms with Gasteiger partial charge in [0.05, 0.1) is 4.90 Å². The van der Waals surface area contributed by atoms with Crippen LogP contribution >= 0.6 is 15.9 Å². The lowest BCUT2D eigenvalue weighted by atomic mass is 9.86. The molecule has 0 unspecified atom stereocenters. The average Bonchev–Trinajstić information content (AvgIpc) is 2.67. The Labute approximate surface area is 164 Å². The summed E-state index contributed by atoms with van der Waals surface area (Å²) in [6.45, 7) is 1.70. The van der Waals surface area contributed by atoms with Crippen LogP contribution in [0, 0.1) is 5.92 Å². The number of hydrogen-bond donors (Lipinski definition) is 0. The second-order valence-corrected chi connectivity index (χ2v) is 10.1. The molecule has 2 fully saturated rings. The van der Waals surface area contributed by atoms with Crippen LogP contribution in [0.15, 0.2) is 33.6 Å². The van der Waals surface area contributed by atoms with Crippen LogP contribution in [-0.4, -0.2) is 49.7 Å². The van der Waals surface area contributed by atoms with Gasteiger partial charge in [0.15, 0.2) is 0 Å². The molecule has 1 aliphatic heterocycles. The van der Waals surface area contributed by atoms with Crippen molar-refractivity contribution in [3.63, 3.8) is 0 Å². The smallest absolute Gasteiger partial charge is 0.243 e.